The van der Waals surface area contributed by atoms with E-state index in [1.165, 1.54) is 11.9 Å². The second-order valence-corrected chi connectivity index (χ2v) is 4.69. The van der Waals surface area contributed by atoms with Crippen LogP contribution in [0.3, 0.4) is 0 Å². The van der Waals surface area contributed by atoms with Crippen LogP contribution >= 0.6 is 0 Å². The van der Waals surface area contributed by atoms with E-state index in [0.717, 1.165) is 0 Å². The average molecular weight is 288 g/mol. The number of fused-ring (bicyclic) bond motifs is 1. The summed E-state index contributed by atoms with van der Waals surface area (Å²) in [5.74, 6) is 0.322. The van der Waals surface area contributed by atoms with E-state index in [4.69, 9.17) is 9.52 Å². The van der Waals surface area contributed by atoms with Crippen molar-refractivity contribution in [3.63, 3.8) is 0 Å². The molecule has 0 spiro atoms. The van der Waals surface area contributed by atoms with Crippen LogP contribution in [0.2, 0.25) is 0 Å². The van der Waals surface area contributed by atoms with Crippen LogP contribution in [0, 0.1) is 0 Å². The topological polar surface area (TPSA) is 49.5 Å². The SMILES string of the molecule is CC(c1nc2ccccc2o1)N(C)CC(O)C(F)(F)F. The summed E-state index contributed by atoms with van der Waals surface area (Å²) in [6, 6.07) is 6.62. The fourth-order valence-electron chi connectivity index (χ4n) is 1.79. The van der Waals surface area contributed by atoms with Crippen molar-refractivity contribution >= 4 is 11.1 Å². The van der Waals surface area contributed by atoms with Gasteiger partial charge in [0.05, 0.1) is 6.04 Å². The molecule has 2 aromatic rings. The highest BCUT2D eigenvalue weighted by Gasteiger charge is 2.39. The van der Waals surface area contributed by atoms with Gasteiger partial charge in [0.1, 0.15) is 5.52 Å². The third kappa shape index (κ3) is 3.10. The molecule has 0 radical (unpaired) electrons. The molecule has 7 heteroatoms. The molecule has 110 valence electrons. The number of hydrogen-bond donors (Lipinski definition) is 1. The normalized spacial score (nSPS) is 15.8. The number of aliphatic hydroxyl groups is 1. The number of hydrogen-bond acceptors (Lipinski definition) is 4. The van der Waals surface area contributed by atoms with Crippen LogP contribution < -0.4 is 0 Å². The maximum absolute atomic E-state index is 12.3. The average Bonchev–Trinajstić information content (AvgIpc) is 2.80. The Kier molecular flexibility index (Phi) is 4.01. The van der Waals surface area contributed by atoms with E-state index < -0.39 is 24.9 Å². The van der Waals surface area contributed by atoms with Gasteiger partial charge in [-0.3, -0.25) is 4.90 Å². The fourth-order valence-corrected chi connectivity index (χ4v) is 1.79. The van der Waals surface area contributed by atoms with Gasteiger partial charge in [0, 0.05) is 6.54 Å². The summed E-state index contributed by atoms with van der Waals surface area (Å²) in [6.07, 6.45) is -7.02. The van der Waals surface area contributed by atoms with Crippen LogP contribution in [0.4, 0.5) is 13.2 Å². The monoisotopic (exact) mass is 288 g/mol. The van der Waals surface area contributed by atoms with Gasteiger partial charge in [0.25, 0.3) is 0 Å². The van der Waals surface area contributed by atoms with Crippen LogP contribution in [0.15, 0.2) is 28.7 Å². The predicted molar refractivity (Wildman–Crippen MR) is 67.1 cm³/mol. The zero-order valence-corrected chi connectivity index (χ0v) is 11.1. The van der Waals surface area contributed by atoms with Gasteiger partial charge >= 0.3 is 6.18 Å². The third-order valence-corrected chi connectivity index (χ3v) is 3.17. The quantitative estimate of drug-likeness (QED) is 0.940. The summed E-state index contributed by atoms with van der Waals surface area (Å²) in [7, 11) is 1.48. The van der Waals surface area contributed by atoms with Crippen molar-refractivity contribution in [3.8, 4) is 0 Å². The first kappa shape index (κ1) is 14.8. The minimum atomic E-state index is -4.63. The lowest BCUT2D eigenvalue weighted by Crippen LogP contribution is -2.40. The van der Waals surface area contributed by atoms with Gasteiger partial charge in [-0.25, -0.2) is 4.98 Å². The molecule has 4 nitrogen and oxygen atoms in total. The lowest BCUT2D eigenvalue weighted by molar-refractivity contribution is -0.208. The van der Waals surface area contributed by atoms with E-state index in [0.29, 0.717) is 17.0 Å². The van der Waals surface area contributed by atoms with Crippen molar-refractivity contribution in [2.24, 2.45) is 0 Å². The molecule has 0 aliphatic carbocycles. The van der Waals surface area contributed by atoms with Crippen LogP contribution in [0.5, 0.6) is 0 Å². The van der Waals surface area contributed by atoms with Crippen molar-refractivity contribution in [2.75, 3.05) is 13.6 Å². The minimum absolute atomic E-state index is 0.322. The van der Waals surface area contributed by atoms with E-state index >= 15 is 0 Å². The number of rotatable bonds is 4. The van der Waals surface area contributed by atoms with E-state index in [9.17, 15) is 13.2 Å². The molecule has 2 unspecified atom stereocenters. The Labute approximate surface area is 113 Å². The first-order valence-electron chi connectivity index (χ1n) is 6.09. The molecule has 0 aliphatic rings. The van der Waals surface area contributed by atoms with Crippen molar-refractivity contribution in [1.29, 1.82) is 0 Å². The van der Waals surface area contributed by atoms with E-state index in [1.54, 1.807) is 31.2 Å². The molecule has 0 aliphatic heterocycles. The number of alkyl halides is 3. The van der Waals surface area contributed by atoms with Crippen LogP contribution in [0.25, 0.3) is 11.1 Å². The molecule has 0 bridgehead atoms. The Balaban J connectivity index is 2.12. The molecular weight excluding hydrogens is 273 g/mol. The number of para-hydroxylation sites is 2. The van der Waals surface area contributed by atoms with Crippen LogP contribution in [0.1, 0.15) is 18.9 Å². The second kappa shape index (κ2) is 5.41. The van der Waals surface area contributed by atoms with Gasteiger partial charge in [-0.2, -0.15) is 13.2 Å². The maximum atomic E-state index is 12.3. The summed E-state index contributed by atoms with van der Waals surface area (Å²) < 4.78 is 42.5. The first-order valence-corrected chi connectivity index (χ1v) is 6.09. The molecule has 0 saturated heterocycles. The summed E-state index contributed by atoms with van der Waals surface area (Å²) in [5.41, 5.74) is 1.23. The lowest BCUT2D eigenvalue weighted by Gasteiger charge is -2.25. The molecule has 2 rings (SSSR count). The van der Waals surface area contributed by atoms with Crippen LogP contribution in [-0.2, 0) is 0 Å². The molecule has 1 aromatic carbocycles. The maximum Gasteiger partial charge on any atom is 0.415 e. The van der Waals surface area contributed by atoms with Gasteiger partial charge < -0.3 is 9.52 Å². The molecule has 2 atom stereocenters. The second-order valence-electron chi connectivity index (χ2n) is 4.69. The standard InChI is InChI=1S/C13H15F3N2O2/c1-8(18(2)7-11(19)13(14,15)16)12-17-9-5-3-4-6-10(9)20-12/h3-6,8,11,19H,7H2,1-2H3. The number of oxazole rings is 1. The smallest absolute Gasteiger partial charge is 0.415 e. The van der Waals surface area contributed by atoms with Crippen molar-refractivity contribution in [1.82, 2.24) is 9.88 Å². The number of benzene rings is 1. The fraction of sp³-hybridized carbons (Fsp3) is 0.462. The van der Waals surface area contributed by atoms with Gasteiger partial charge in [0.15, 0.2) is 11.7 Å². The molecule has 20 heavy (non-hydrogen) atoms. The highest BCUT2D eigenvalue weighted by atomic mass is 19.4. The molecule has 0 fully saturated rings. The molecule has 0 amide bonds. The summed E-state index contributed by atoms with van der Waals surface area (Å²) in [5, 5.41) is 9.07. The zero-order valence-electron chi connectivity index (χ0n) is 11.1. The van der Waals surface area contributed by atoms with Gasteiger partial charge in [-0.15, -0.1) is 0 Å². The van der Waals surface area contributed by atoms with Gasteiger partial charge in [0.2, 0.25) is 5.89 Å². The van der Waals surface area contributed by atoms with E-state index in [-0.39, 0.29) is 0 Å². The third-order valence-electron chi connectivity index (χ3n) is 3.17. The van der Waals surface area contributed by atoms with Gasteiger partial charge in [-0.05, 0) is 26.1 Å². The first-order chi connectivity index (χ1) is 9.29. The molecule has 1 N–H and O–H groups in total. The zero-order chi connectivity index (χ0) is 14.9. The summed E-state index contributed by atoms with van der Waals surface area (Å²) in [6.45, 7) is 1.14. The molecule has 1 heterocycles. The van der Waals surface area contributed by atoms with Gasteiger partial charge in [-0.1, -0.05) is 12.1 Å². The van der Waals surface area contributed by atoms with E-state index in [1.807, 2.05) is 0 Å². The minimum Gasteiger partial charge on any atom is -0.439 e. The number of aliphatic hydroxyl groups excluding tert-OH is 1. The number of halogens is 3. The number of nitrogens with zero attached hydrogens (tertiary/aromatic N) is 2. The Morgan fingerprint density at radius 2 is 2.00 bits per heavy atom. The summed E-state index contributed by atoms with van der Waals surface area (Å²) in [4.78, 5) is 5.58. The molecular formula is C13H15F3N2O2. The van der Waals surface area contributed by atoms with Crippen LogP contribution in [-0.4, -0.2) is 40.9 Å². The largest absolute Gasteiger partial charge is 0.439 e. The van der Waals surface area contributed by atoms with Crippen molar-refractivity contribution in [2.45, 2.75) is 25.2 Å². The Morgan fingerprint density at radius 3 is 2.60 bits per heavy atom. The molecule has 0 saturated carbocycles. The van der Waals surface area contributed by atoms with E-state index in [2.05, 4.69) is 4.98 Å². The highest BCUT2D eigenvalue weighted by Crippen LogP contribution is 2.26. The number of aromatic nitrogens is 1. The summed E-state index contributed by atoms with van der Waals surface area (Å²) >= 11 is 0. The Morgan fingerprint density at radius 1 is 1.35 bits per heavy atom. The Bertz CT molecular complexity index is 549. The predicted octanol–water partition coefficient (Wildman–Crippen LogP) is 2.74. The highest BCUT2D eigenvalue weighted by molar-refractivity contribution is 5.72. The number of likely N-dealkylation sites (N-methyl/N-ethyl adjacent to an activating group) is 1. The Hall–Kier alpha value is -1.60. The van der Waals surface area contributed by atoms with Crippen molar-refractivity contribution in [3.05, 3.63) is 30.2 Å². The van der Waals surface area contributed by atoms with Crippen molar-refractivity contribution < 1.29 is 22.7 Å². The molecule has 1 aromatic heterocycles. The lowest BCUT2D eigenvalue weighted by atomic mass is 10.2.